The Kier molecular flexibility index (Phi) is 6.83. The molecule has 0 bridgehead atoms. The lowest BCUT2D eigenvalue weighted by Crippen LogP contribution is -2.22. The van der Waals surface area contributed by atoms with E-state index in [1.165, 1.54) is 4.90 Å². The predicted octanol–water partition coefficient (Wildman–Crippen LogP) is 3.84. The molecule has 132 valence electrons. The minimum atomic E-state index is -0.180. The molecule has 0 aliphatic carbocycles. The van der Waals surface area contributed by atoms with Gasteiger partial charge < -0.3 is 15.0 Å². The second kappa shape index (κ2) is 9.08. The first kappa shape index (κ1) is 18.8. The number of carbonyl (C=O) groups is 2. The summed E-state index contributed by atoms with van der Waals surface area (Å²) in [5.74, 6) is 0.483. The van der Waals surface area contributed by atoms with Crippen molar-refractivity contribution in [1.82, 2.24) is 4.90 Å². The molecule has 0 atom stereocenters. The van der Waals surface area contributed by atoms with E-state index in [4.69, 9.17) is 16.3 Å². The molecule has 6 heteroatoms. The lowest BCUT2D eigenvalue weighted by atomic mass is 10.1. The van der Waals surface area contributed by atoms with Gasteiger partial charge in [-0.2, -0.15) is 0 Å². The number of anilines is 1. The number of ether oxygens (including phenoxy) is 1. The van der Waals surface area contributed by atoms with Crippen LogP contribution in [0.4, 0.5) is 5.69 Å². The van der Waals surface area contributed by atoms with Gasteiger partial charge in [-0.05, 0) is 36.8 Å². The fourth-order valence-corrected chi connectivity index (χ4v) is 2.43. The highest BCUT2D eigenvalue weighted by Gasteiger charge is 2.13. The number of hydrogen-bond donors (Lipinski definition) is 1. The predicted molar refractivity (Wildman–Crippen MR) is 99.3 cm³/mol. The Labute approximate surface area is 152 Å². The van der Waals surface area contributed by atoms with Gasteiger partial charge in [0.15, 0.2) is 0 Å². The van der Waals surface area contributed by atoms with Crippen LogP contribution >= 0.6 is 11.6 Å². The first-order valence-corrected chi connectivity index (χ1v) is 8.34. The zero-order chi connectivity index (χ0) is 18.2. The smallest absolute Gasteiger partial charge is 0.254 e. The number of nitrogens with one attached hydrogen (secondary N) is 1. The summed E-state index contributed by atoms with van der Waals surface area (Å²) in [7, 11) is 3.32. The molecule has 0 heterocycles. The number of rotatable bonds is 7. The third-order valence-corrected chi connectivity index (χ3v) is 3.76. The van der Waals surface area contributed by atoms with Crippen LogP contribution in [-0.2, 0) is 4.79 Å². The van der Waals surface area contributed by atoms with Gasteiger partial charge in [-0.1, -0.05) is 29.8 Å². The maximum Gasteiger partial charge on any atom is 0.254 e. The highest BCUT2D eigenvalue weighted by atomic mass is 35.5. The summed E-state index contributed by atoms with van der Waals surface area (Å²) >= 11 is 6.13. The Morgan fingerprint density at radius 3 is 2.48 bits per heavy atom. The van der Waals surface area contributed by atoms with Crippen LogP contribution in [-0.4, -0.2) is 37.4 Å². The molecule has 1 N–H and O–H groups in total. The molecule has 0 saturated heterocycles. The zero-order valence-corrected chi connectivity index (χ0v) is 15.0. The van der Waals surface area contributed by atoms with Gasteiger partial charge in [0.1, 0.15) is 5.75 Å². The number of carbonyl (C=O) groups excluding carboxylic acids is 2. The zero-order valence-electron chi connectivity index (χ0n) is 14.3. The van der Waals surface area contributed by atoms with E-state index in [-0.39, 0.29) is 11.8 Å². The molecule has 0 spiro atoms. The van der Waals surface area contributed by atoms with Crippen molar-refractivity contribution >= 4 is 29.1 Å². The van der Waals surface area contributed by atoms with E-state index in [9.17, 15) is 9.59 Å². The standard InChI is InChI=1S/C19H21ClN2O3/c1-22(2)19(24)16-11-10-14(13-17(16)20)21-18(23)9-6-12-25-15-7-4-3-5-8-15/h3-5,7-8,10-11,13H,6,9,12H2,1-2H3,(H,21,23). The maximum absolute atomic E-state index is 12.0. The van der Waals surface area contributed by atoms with Crippen LogP contribution in [0.25, 0.3) is 0 Å². The first-order valence-electron chi connectivity index (χ1n) is 7.96. The number of amides is 2. The summed E-state index contributed by atoms with van der Waals surface area (Å²) in [6.07, 6.45) is 0.939. The maximum atomic E-state index is 12.0. The van der Waals surface area contributed by atoms with Crippen LogP contribution in [0.5, 0.6) is 5.75 Å². The third kappa shape index (κ3) is 5.80. The lowest BCUT2D eigenvalue weighted by Gasteiger charge is -2.13. The largest absolute Gasteiger partial charge is 0.494 e. The van der Waals surface area contributed by atoms with Gasteiger partial charge in [0, 0.05) is 26.2 Å². The molecule has 2 rings (SSSR count). The number of hydrogen-bond acceptors (Lipinski definition) is 3. The van der Waals surface area contributed by atoms with Gasteiger partial charge in [0.25, 0.3) is 5.91 Å². The van der Waals surface area contributed by atoms with E-state index in [1.54, 1.807) is 32.3 Å². The monoisotopic (exact) mass is 360 g/mol. The summed E-state index contributed by atoms with van der Waals surface area (Å²) in [4.78, 5) is 25.4. The van der Waals surface area contributed by atoms with Crippen LogP contribution < -0.4 is 10.1 Å². The van der Waals surface area contributed by atoms with Gasteiger partial charge in [-0.25, -0.2) is 0 Å². The average molecular weight is 361 g/mol. The van der Waals surface area contributed by atoms with Crippen LogP contribution in [0.1, 0.15) is 23.2 Å². The first-order chi connectivity index (χ1) is 12.0. The normalized spacial score (nSPS) is 10.2. The van der Waals surface area contributed by atoms with E-state index in [1.807, 2.05) is 30.3 Å². The summed E-state index contributed by atoms with van der Waals surface area (Å²) in [5.41, 5.74) is 0.968. The van der Waals surface area contributed by atoms with Crippen molar-refractivity contribution in [1.29, 1.82) is 0 Å². The molecule has 0 fully saturated rings. The fourth-order valence-electron chi connectivity index (χ4n) is 2.17. The highest BCUT2D eigenvalue weighted by Crippen LogP contribution is 2.22. The van der Waals surface area contributed by atoms with Gasteiger partial charge >= 0.3 is 0 Å². The molecular formula is C19H21ClN2O3. The van der Waals surface area contributed by atoms with Crippen LogP contribution in [0, 0.1) is 0 Å². The SMILES string of the molecule is CN(C)C(=O)c1ccc(NC(=O)CCCOc2ccccc2)cc1Cl. The molecule has 0 saturated carbocycles. The van der Waals surface area contributed by atoms with E-state index >= 15 is 0 Å². The summed E-state index contributed by atoms with van der Waals surface area (Å²) in [6.45, 7) is 0.467. The van der Waals surface area contributed by atoms with Crippen molar-refractivity contribution in [2.24, 2.45) is 0 Å². The van der Waals surface area contributed by atoms with Crippen LogP contribution in [0.3, 0.4) is 0 Å². The van der Waals surface area contributed by atoms with Crippen molar-refractivity contribution in [2.45, 2.75) is 12.8 Å². The molecule has 0 aliphatic rings. The van der Waals surface area contributed by atoms with Crippen LogP contribution in [0.15, 0.2) is 48.5 Å². The van der Waals surface area contributed by atoms with Gasteiger partial charge in [0.2, 0.25) is 5.91 Å². The molecule has 0 radical (unpaired) electrons. The van der Waals surface area contributed by atoms with E-state index in [0.717, 1.165) is 5.75 Å². The summed E-state index contributed by atoms with van der Waals surface area (Å²) in [6, 6.07) is 14.3. The number of halogens is 1. The van der Waals surface area contributed by atoms with Gasteiger partial charge in [-0.3, -0.25) is 9.59 Å². The lowest BCUT2D eigenvalue weighted by molar-refractivity contribution is -0.116. The Morgan fingerprint density at radius 2 is 1.84 bits per heavy atom. The summed E-state index contributed by atoms with van der Waals surface area (Å²) < 4.78 is 5.55. The van der Waals surface area contributed by atoms with Crippen molar-refractivity contribution in [2.75, 3.05) is 26.0 Å². The van der Waals surface area contributed by atoms with Gasteiger partial charge in [-0.15, -0.1) is 0 Å². The molecule has 2 amide bonds. The minimum absolute atomic E-state index is 0.126. The summed E-state index contributed by atoms with van der Waals surface area (Å²) in [5, 5.41) is 3.08. The van der Waals surface area contributed by atoms with E-state index in [0.29, 0.717) is 35.7 Å². The molecule has 0 aliphatic heterocycles. The number of para-hydroxylation sites is 1. The van der Waals surface area contributed by atoms with Crippen LogP contribution in [0.2, 0.25) is 5.02 Å². The second-order valence-electron chi connectivity index (χ2n) is 5.71. The number of benzene rings is 2. The molecule has 2 aromatic carbocycles. The minimum Gasteiger partial charge on any atom is -0.494 e. The third-order valence-electron chi connectivity index (χ3n) is 3.45. The molecule has 0 unspecified atom stereocenters. The van der Waals surface area contributed by atoms with Crippen molar-refractivity contribution in [3.63, 3.8) is 0 Å². The molecule has 5 nitrogen and oxygen atoms in total. The van der Waals surface area contributed by atoms with E-state index in [2.05, 4.69) is 5.32 Å². The molecule has 25 heavy (non-hydrogen) atoms. The highest BCUT2D eigenvalue weighted by molar-refractivity contribution is 6.34. The Morgan fingerprint density at radius 1 is 1.12 bits per heavy atom. The van der Waals surface area contributed by atoms with Crippen molar-refractivity contribution in [3.8, 4) is 5.75 Å². The second-order valence-corrected chi connectivity index (χ2v) is 6.11. The molecular weight excluding hydrogens is 340 g/mol. The van der Waals surface area contributed by atoms with Crippen molar-refractivity contribution in [3.05, 3.63) is 59.1 Å². The Bertz CT molecular complexity index is 733. The Balaban J connectivity index is 1.80. The number of nitrogens with zero attached hydrogens (tertiary/aromatic N) is 1. The molecule has 2 aromatic rings. The Hall–Kier alpha value is -2.53. The average Bonchev–Trinajstić information content (AvgIpc) is 2.59. The fraction of sp³-hybridized carbons (Fsp3) is 0.263. The quantitative estimate of drug-likeness (QED) is 0.763. The van der Waals surface area contributed by atoms with Gasteiger partial charge in [0.05, 0.1) is 17.2 Å². The van der Waals surface area contributed by atoms with E-state index < -0.39 is 0 Å². The molecule has 0 aromatic heterocycles. The van der Waals surface area contributed by atoms with Crippen molar-refractivity contribution < 1.29 is 14.3 Å². The topological polar surface area (TPSA) is 58.6 Å².